The van der Waals surface area contributed by atoms with E-state index in [1.165, 1.54) is 0 Å². The summed E-state index contributed by atoms with van der Waals surface area (Å²) in [5, 5.41) is 0. The Kier molecular flexibility index (Phi) is 4.57. The van der Waals surface area contributed by atoms with Gasteiger partial charge in [-0.05, 0) is 19.3 Å². The summed E-state index contributed by atoms with van der Waals surface area (Å²) in [5.41, 5.74) is 4.78. The molecule has 5 nitrogen and oxygen atoms in total. The molecule has 1 rings (SSSR count). The maximum Gasteiger partial charge on any atom is 0.490 e. The molecule has 0 saturated carbocycles. The van der Waals surface area contributed by atoms with Gasteiger partial charge in [-0.2, -0.15) is 13.2 Å². The molecule has 110 valence electrons. The topological polar surface area (TPSA) is 81.9 Å². The van der Waals surface area contributed by atoms with Gasteiger partial charge in [0.25, 0.3) is 0 Å². The van der Waals surface area contributed by atoms with E-state index in [1.807, 2.05) is 0 Å². The van der Waals surface area contributed by atoms with Gasteiger partial charge in [0.15, 0.2) is 5.78 Å². The lowest BCUT2D eigenvalue weighted by atomic mass is 9.94. The molecule has 2 unspecified atom stereocenters. The van der Waals surface area contributed by atoms with Crippen LogP contribution in [-0.4, -0.2) is 42.8 Å². The Morgan fingerprint density at radius 3 is 2.42 bits per heavy atom. The summed E-state index contributed by atoms with van der Waals surface area (Å²) in [7, 11) is 0. The number of epoxide rings is 1. The fraction of sp³-hybridized carbons (Fsp3) is 0.818. The van der Waals surface area contributed by atoms with Gasteiger partial charge in [-0.15, -0.1) is 0 Å². The van der Waals surface area contributed by atoms with Crippen molar-refractivity contribution < 1.29 is 32.2 Å². The third-order valence-corrected chi connectivity index (χ3v) is 2.82. The maximum atomic E-state index is 11.9. The fourth-order valence-electron chi connectivity index (χ4n) is 1.55. The van der Waals surface area contributed by atoms with Crippen molar-refractivity contribution in [2.45, 2.75) is 38.1 Å². The van der Waals surface area contributed by atoms with Crippen molar-refractivity contribution in [3.63, 3.8) is 0 Å². The second-order valence-corrected chi connectivity index (χ2v) is 4.93. The number of Topliss-reactive ketones (excluding diaryl/α,β-unsaturated/α-hetero) is 1. The fourth-order valence-corrected chi connectivity index (χ4v) is 1.55. The van der Waals surface area contributed by atoms with Crippen molar-refractivity contribution in [3.8, 4) is 0 Å². The molecule has 8 heteroatoms. The highest BCUT2D eigenvalue weighted by atomic mass is 19.4. The van der Waals surface area contributed by atoms with E-state index < -0.39 is 36.3 Å². The first-order valence-corrected chi connectivity index (χ1v) is 5.74. The molecule has 0 aromatic carbocycles. The lowest BCUT2D eigenvalue weighted by molar-refractivity contribution is -0.200. The van der Waals surface area contributed by atoms with E-state index in [2.05, 4.69) is 4.74 Å². The molecule has 2 N–H and O–H groups in total. The Bertz CT molecular complexity index is 365. The van der Waals surface area contributed by atoms with Crippen molar-refractivity contribution in [2.75, 3.05) is 13.2 Å². The molecule has 1 aliphatic heterocycles. The van der Waals surface area contributed by atoms with Crippen LogP contribution in [0.2, 0.25) is 0 Å². The normalized spacial score (nSPS) is 25.6. The first-order chi connectivity index (χ1) is 8.56. The lowest BCUT2D eigenvalue weighted by Gasteiger charge is -2.18. The Labute approximate surface area is 108 Å². The van der Waals surface area contributed by atoms with Gasteiger partial charge in [0, 0.05) is 0 Å². The van der Waals surface area contributed by atoms with E-state index in [0.717, 1.165) is 0 Å². The average Bonchev–Trinajstić information content (AvgIpc) is 3.03. The summed E-state index contributed by atoms with van der Waals surface area (Å²) in [6.07, 6.45) is -4.88. The minimum absolute atomic E-state index is 0.128. The van der Waals surface area contributed by atoms with Crippen molar-refractivity contribution in [2.24, 2.45) is 11.7 Å². The zero-order valence-electron chi connectivity index (χ0n) is 10.6. The number of esters is 1. The smallest absolute Gasteiger partial charge is 0.459 e. The summed E-state index contributed by atoms with van der Waals surface area (Å²) in [5.74, 6) is -2.98. The van der Waals surface area contributed by atoms with E-state index >= 15 is 0 Å². The second kappa shape index (κ2) is 5.46. The number of ketones is 1. The first kappa shape index (κ1) is 15.9. The van der Waals surface area contributed by atoms with Crippen LogP contribution in [0.4, 0.5) is 13.2 Å². The average molecular weight is 283 g/mol. The zero-order valence-corrected chi connectivity index (χ0v) is 10.6. The van der Waals surface area contributed by atoms with Gasteiger partial charge in [0.2, 0.25) is 0 Å². The number of hydrogen-bond acceptors (Lipinski definition) is 5. The second-order valence-electron chi connectivity index (χ2n) is 4.93. The number of rotatable bonds is 6. The molecule has 0 spiro atoms. The Hall–Kier alpha value is -1.15. The van der Waals surface area contributed by atoms with E-state index in [0.29, 0.717) is 6.61 Å². The summed E-state index contributed by atoms with van der Waals surface area (Å²) in [6, 6.07) is -0.841. The van der Waals surface area contributed by atoms with Crippen molar-refractivity contribution in [1.29, 1.82) is 0 Å². The number of carbonyl (C=O) groups excluding carboxylic acids is 2. The van der Waals surface area contributed by atoms with Gasteiger partial charge < -0.3 is 15.2 Å². The monoisotopic (exact) mass is 283 g/mol. The van der Waals surface area contributed by atoms with Gasteiger partial charge >= 0.3 is 12.1 Å². The molecule has 19 heavy (non-hydrogen) atoms. The number of halogens is 3. The molecular formula is C11H16F3NO4. The quantitative estimate of drug-likeness (QED) is 0.576. The molecule has 0 bridgehead atoms. The molecule has 1 heterocycles. The number of carbonyl (C=O) groups is 2. The Morgan fingerprint density at radius 2 is 2.00 bits per heavy atom. The highest BCUT2D eigenvalue weighted by Crippen LogP contribution is 2.29. The van der Waals surface area contributed by atoms with Crippen molar-refractivity contribution in [1.82, 2.24) is 0 Å². The van der Waals surface area contributed by atoms with Gasteiger partial charge in [0.05, 0.1) is 19.3 Å². The van der Waals surface area contributed by atoms with Crippen LogP contribution in [0.3, 0.4) is 0 Å². The van der Waals surface area contributed by atoms with Crippen LogP contribution >= 0.6 is 0 Å². The molecule has 3 atom stereocenters. The first-order valence-electron chi connectivity index (χ1n) is 5.74. The van der Waals surface area contributed by atoms with Crippen molar-refractivity contribution in [3.05, 3.63) is 0 Å². The van der Waals surface area contributed by atoms with Crippen LogP contribution in [-0.2, 0) is 19.1 Å². The van der Waals surface area contributed by atoms with Crippen LogP contribution < -0.4 is 5.73 Å². The maximum absolute atomic E-state index is 11.9. The molecule has 1 fully saturated rings. The minimum atomic E-state index is -5.01. The summed E-state index contributed by atoms with van der Waals surface area (Å²) < 4.78 is 44.7. The van der Waals surface area contributed by atoms with E-state index in [-0.39, 0.29) is 12.2 Å². The van der Waals surface area contributed by atoms with Gasteiger partial charge in [-0.25, -0.2) is 4.79 Å². The number of ether oxygens (including phenoxy) is 2. The van der Waals surface area contributed by atoms with E-state index in [9.17, 15) is 22.8 Å². The predicted molar refractivity (Wildman–Crippen MR) is 58.1 cm³/mol. The molecule has 0 amide bonds. The third kappa shape index (κ3) is 4.46. The van der Waals surface area contributed by atoms with Crippen molar-refractivity contribution >= 4 is 11.8 Å². The summed E-state index contributed by atoms with van der Waals surface area (Å²) >= 11 is 0. The summed E-state index contributed by atoms with van der Waals surface area (Å²) in [4.78, 5) is 22.2. The Morgan fingerprint density at radius 1 is 1.47 bits per heavy atom. The molecule has 0 aliphatic carbocycles. The number of nitrogens with two attached hydrogens (primary N) is 1. The molecular weight excluding hydrogens is 267 g/mol. The molecule has 0 aromatic heterocycles. The zero-order chi connectivity index (χ0) is 14.8. The van der Waals surface area contributed by atoms with E-state index in [1.54, 1.807) is 13.8 Å². The number of hydrogen-bond donors (Lipinski definition) is 1. The van der Waals surface area contributed by atoms with Gasteiger partial charge in [-0.3, -0.25) is 4.79 Å². The van der Waals surface area contributed by atoms with Crippen LogP contribution in [0.15, 0.2) is 0 Å². The van der Waals surface area contributed by atoms with Gasteiger partial charge in [-0.1, -0.05) is 6.92 Å². The molecule has 1 saturated heterocycles. The van der Waals surface area contributed by atoms with Crippen LogP contribution in [0.25, 0.3) is 0 Å². The van der Waals surface area contributed by atoms with Crippen LogP contribution in [0.1, 0.15) is 20.3 Å². The minimum Gasteiger partial charge on any atom is -0.459 e. The van der Waals surface area contributed by atoms with Crippen LogP contribution in [0.5, 0.6) is 0 Å². The van der Waals surface area contributed by atoms with Crippen LogP contribution in [0, 0.1) is 5.92 Å². The highest BCUT2D eigenvalue weighted by molar-refractivity contribution is 5.93. The lowest BCUT2D eigenvalue weighted by Crippen LogP contribution is -2.41. The Balaban J connectivity index is 2.33. The largest absolute Gasteiger partial charge is 0.490 e. The highest BCUT2D eigenvalue weighted by Gasteiger charge is 2.49. The van der Waals surface area contributed by atoms with E-state index in [4.69, 9.17) is 10.5 Å². The SMILES string of the molecule is CC(COC(=O)C(F)(F)F)CC(N)C(=O)[C@@]1(C)CO1. The third-order valence-electron chi connectivity index (χ3n) is 2.82. The van der Waals surface area contributed by atoms with Gasteiger partial charge in [0.1, 0.15) is 5.60 Å². The molecule has 1 aliphatic rings. The summed E-state index contributed by atoms with van der Waals surface area (Å²) in [6.45, 7) is 3.02. The molecule has 0 aromatic rings. The molecule has 0 radical (unpaired) electrons. The number of alkyl halides is 3. The standard InChI is InChI=1S/C11H16F3NO4/c1-6(4-18-9(17)11(12,13)14)3-7(15)8(16)10(2)5-19-10/h6-7H,3-5,15H2,1-2H3/t6?,7?,10-/m1/s1. The predicted octanol–water partition coefficient (Wildman–Crippen LogP) is 0.803.